The van der Waals surface area contributed by atoms with Gasteiger partial charge in [-0.05, 0) is 12.1 Å². The molecule has 1 N–H and O–H groups in total. The summed E-state index contributed by atoms with van der Waals surface area (Å²) in [4.78, 5) is 15.8. The summed E-state index contributed by atoms with van der Waals surface area (Å²) in [5.74, 6) is 0. The molecule has 0 aliphatic heterocycles. The number of hydrogen-bond donors (Lipinski definition) is 1. The van der Waals surface area contributed by atoms with Crippen molar-refractivity contribution in [1.29, 1.82) is 0 Å². The highest BCUT2D eigenvalue weighted by molar-refractivity contribution is 5.92. The van der Waals surface area contributed by atoms with E-state index in [2.05, 4.69) is 19.9 Å². The number of hydrogen-bond acceptors (Lipinski definition) is 3. The van der Waals surface area contributed by atoms with Crippen LogP contribution in [0.5, 0.6) is 0 Å². The molecule has 0 atom stereocenters. The van der Waals surface area contributed by atoms with Crippen LogP contribution >= 0.6 is 0 Å². The van der Waals surface area contributed by atoms with E-state index < -0.39 is 0 Å². The number of nitrogens with zero attached hydrogens (tertiary/aromatic N) is 4. The summed E-state index contributed by atoms with van der Waals surface area (Å²) >= 11 is 0. The molecule has 4 aromatic rings. The molecule has 0 saturated carbocycles. The van der Waals surface area contributed by atoms with Gasteiger partial charge in [0.25, 0.3) is 0 Å². The molecule has 0 radical (unpaired) electrons. The van der Waals surface area contributed by atoms with Gasteiger partial charge in [-0.25, -0.2) is 9.97 Å². The lowest BCUT2D eigenvalue weighted by atomic mass is 10.1. The molecule has 0 spiro atoms. The Balaban J connectivity index is 2.10. The Morgan fingerprint density at radius 1 is 1.06 bits per heavy atom. The van der Waals surface area contributed by atoms with E-state index in [0.29, 0.717) is 0 Å². The van der Waals surface area contributed by atoms with Crippen molar-refractivity contribution in [3.63, 3.8) is 0 Å². The smallest absolute Gasteiger partial charge is 0.155 e. The average molecular weight is 235 g/mol. The maximum absolute atomic E-state index is 4.36. The number of nitrogens with one attached hydrogen (secondary N) is 1. The van der Waals surface area contributed by atoms with Crippen molar-refractivity contribution in [2.24, 2.45) is 0 Å². The normalized spacial score (nSPS) is 11.3. The standard InChI is InChI=1S/C13H9N5/c1-3-15-13-10(2-4-16-13)9(1)11-7-17-12-8-14-5-6-18(11)12/h1-8H,(H,15,16). The summed E-state index contributed by atoms with van der Waals surface area (Å²) in [6, 6.07) is 4.03. The van der Waals surface area contributed by atoms with Gasteiger partial charge < -0.3 is 4.98 Å². The first-order valence-corrected chi connectivity index (χ1v) is 5.63. The SMILES string of the molecule is c1cn2c(-c3ccnc4[nH]ccc34)cnc2cn1. The van der Waals surface area contributed by atoms with Crippen molar-refractivity contribution in [3.05, 3.63) is 49.3 Å². The summed E-state index contributed by atoms with van der Waals surface area (Å²) in [6.45, 7) is 0. The number of pyridine rings is 1. The molecule has 5 nitrogen and oxygen atoms in total. The largest absolute Gasteiger partial charge is 0.346 e. The van der Waals surface area contributed by atoms with Crippen molar-refractivity contribution in [3.8, 4) is 11.3 Å². The van der Waals surface area contributed by atoms with Gasteiger partial charge in [-0.2, -0.15) is 0 Å². The molecular weight excluding hydrogens is 226 g/mol. The summed E-state index contributed by atoms with van der Waals surface area (Å²) < 4.78 is 2.02. The fourth-order valence-corrected chi connectivity index (χ4v) is 2.23. The first-order valence-electron chi connectivity index (χ1n) is 5.63. The molecule has 4 aromatic heterocycles. The zero-order valence-corrected chi connectivity index (χ0v) is 9.41. The van der Waals surface area contributed by atoms with Crippen molar-refractivity contribution in [1.82, 2.24) is 24.3 Å². The lowest BCUT2D eigenvalue weighted by molar-refractivity contribution is 1.13. The fraction of sp³-hybridized carbons (Fsp3) is 0. The third-order valence-electron chi connectivity index (χ3n) is 3.05. The Morgan fingerprint density at radius 2 is 2.06 bits per heavy atom. The highest BCUT2D eigenvalue weighted by Crippen LogP contribution is 2.27. The second kappa shape index (κ2) is 3.40. The maximum Gasteiger partial charge on any atom is 0.155 e. The molecular formula is C13H9N5. The van der Waals surface area contributed by atoms with Crippen molar-refractivity contribution >= 4 is 16.7 Å². The number of aromatic amines is 1. The molecule has 0 bridgehead atoms. The minimum absolute atomic E-state index is 0.841. The third kappa shape index (κ3) is 1.18. The molecule has 5 heteroatoms. The van der Waals surface area contributed by atoms with Gasteiger partial charge in [-0.1, -0.05) is 0 Å². The Labute approximate surface area is 102 Å². The lowest BCUT2D eigenvalue weighted by Gasteiger charge is -2.02. The molecule has 0 unspecified atom stereocenters. The van der Waals surface area contributed by atoms with E-state index in [1.807, 2.05) is 35.1 Å². The van der Waals surface area contributed by atoms with E-state index in [1.165, 1.54) is 0 Å². The Bertz CT molecular complexity index is 842. The van der Waals surface area contributed by atoms with Crippen LogP contribution in [-0.4, -0.2) is 24.3 Å². The van der Waals surface area contributed by atoms with E-state index in [9.17, 15) is 0 Å². The van der Waals surface area contributed by atoms with Crippen LogP contribution in [0.4, 0.5) is 0 Å². The van der Waals surface area contributed by atoms with Crippen molar-refractivity contribution in [2.75, 3.05) is 0 Å². The minimum atomic E-state index is 0.841. The predicted molar refractivity (Wildman–Crippen MR) is 68.1 cm³/mol. The number of imidazole rings is 1. The Morgan fingerprint density at radius 3 is 3.06 bits per heavy atom. The summed E-state index contributed by atoms with van der Waals surface area (Å²) in [7, 11) is 0. The second-order valence-corrected chi connectivity index (χ2v) is 4.05. The van der Waals surface area contributed by atoms with E-state index in [0.717, 1.165) is 27.9 Å². The number of rotatable bonds is 1. The van der Waals surface area contributed by atoms with Crippen LogP contribution in [-0.2, 0) is 0 Å². The van der Waals surface area contributed by atoms with Gasteiger partial charge in [0.05, 0.1) is 18.1 Å². The highest BCUT2D eigenvalue weighted by Gasteiger charge is 2.09. The van der Waals surface area contributed by atoms with Crippen LogP contribution in [0.15, 0.2) is 49.3 Å². The lowest BCUT2D eigenvalue weighted by Crippen LogP contribution is -1.89. The topological polar surface area (TPSA) is 58.9 Å². The van der Waals surface area contributed by atoms with Crippen molar-refractivity contribution in [2.45, 2.75) is 0 Å². The van der Waals surface area contributed by atoms with Crippen LogP contribution in [0.1, 0.15) is 0 Å². The molecule has 86 valence electrons. The summed E-state index contributed by atoms with van der Waals surface area (Å²) in [5.41, 5.74) is 3.88. The van der Waals surface area contributed by atoms with Crippen LogP contribution in [0.2, 0.25) is 0 Å². The molecule has 0 aromatic carbocycles. The van der Waals surface area contributed by atoms with Crippen LogP contribution < -0.4 is 0 Å². The maximum atomic E-state index is 4.36. The minimum Gasteiger partial charge on any atom is -0.346 e. The highest BCUT2D eigenvalue weighted by atomic mass is 15.0. The predicted octanol–water partition coefficient (Wildman–Crippen LogP) is 2.27. The number of fused-ring (bicyclic) bond motifs is 2. The van der Waals surface area contributed by atoms with E-state index in [-0.39, 0.29) is 0 Å². The zero-order chi connectivity index (χ0) is 11.9. The monoisotopic (exact) mass is 235 g/mol. The third-order valence-corrected chi connectivity index (χ3v) is 3.05. The first kappa shape index (κ1) is 9.35. The zero-order valence-electron chi connectivity index (χ0n) is 9.41. The van der Waals surface area contributed by atoms with Gasteiger partial charge >= 0.3 is 0 Å². The van der Waals surface area contributed by atoms with Crippen LogP contribution in [0.25, 0.3) is 27.9 Å². The Hall–Kier alpha value is -2.69. The molecule has 18 heavy (non-hydrogen) atoms. The van der Waals surface area contributed by atoms with E-state index in [4.69, 9.17) is 0 Å². The fourth-order valence-electron chi connectivity index (χ4n) is 2.23. The average Bonchev–Trinajstić information content (AvgIpc) is 3.05. The first-order chi connectivity index (χ1) is 8.93. The van der Waals surface area contributed by atoms with Gasteiger partial charge in [0, 0.05) is 35.7 Å². The molecule has 0 aliphatic rings. The molecule has 0 saturated heterocycles. The van der Waals surface area contributed by atoms with Crippen LogP contribution in [0, 0.1) is 0 Å². The molecule has 4 heterocycles. The van der Waals surface area contributed by atoms with Crippen LogP contribution in [0.3, 0.4) is 0 Å². The summed E-state index contributed by atoms with van der Waals surface area (Å²) in [6.07, 6.45) is 11.0. The van der Waals surface area contributed by atoms with Gasteiger partial charge in [0.1, 0.15) is 5.65 Å². The van der Waals surface area contributed by atoms with Gasteiger partial charge in [0.15, 0.2) is 5.65 Å². The van der Waals surface area contributed by atoms with Gasteiger partial charge in [0.2, 0.25) is 0 Å². The number of aromatic nitrogens is 5. The van der Waals surface area contributed by atoms with E-state index >= 15 is 0 Å². The molecule has 0 aliphatic carbocycles. The summed E-state index contributed by atoms with van der Waals surface area (Å²) in [5, 5.41) is 1.09. The van der Waals surface area contributed by atoms with E-state index in [1.54, 1.807) is 18.6 Å². The quantitative estimate of drug-likeness (QED) is 0.550. The van der Waals surface area contributed by atoms with Gasteiger partial charge in [-0.15, -0.1) is 0 Å². The Kier molecular flexibility index (Phi) is 1.77. The molecule has 0 fully saturated rings. The number of H-pyrrole nitrogens is 1. The second-order valence-electron chi connectivity index (χ2n) is 4.05. The van der Waals surface area contributed by atoms with Gasteiger partial charge in [-0.3, -0.25) is 9.38 Å². The molecule has 4 rings (SSSR count). The molecule has 0 amide bonds. The van der Waals surface area contributed by atoms with Crippen molar-refractivity contribution < 1.29 is 0 Å².